The van der Waals surface area contributed by atoms with Crippen LogP contribution in [0.5, 0.6) is 0 Å². The summed E-state index contributed by atoms with van der Waals surface area (Å²) < 4.78 is 1.56. The predicted molar refractivity (Wildman–Crippen MR) is 101 cm³/mol. The zero-order chi connectivity index (χ0) is 19.5. The van der Waals surface area contributed by atoms with Crippen LogP contribution in [0, 0.1) is 0 Å². The van der Waals surface area contributed by atoms with Crippen molar-refractivity contribution in [3.63, 3.8) is 0 Å². The lowest BCUT2D eigenvalue weighted by Crippen LogP contribution is -2.31. The molecule has 2 aromatic heterocycles. The van der Waals surface area contributed by atoms with Crippen LogP contribution in [0.3, 0.4) is 0 Å². The first-order valence-electron chi connectivity index (χ1n) is 8.79. The third-order valence-electron chi connectivity index (χ3n) is 4.14. The number of aryl methyl sites for hydroxylation is 1. The summed E-state index contributed by atoms with van der Waals surface area (Å²) in [7, 11) is 1.73. The summed E-state index contributed by atoms with van der Waals surface area (Å²) in [4.78, 5) is 31.0. The van der Waals surface area contributed by atoms with Gasteiger partial charge in [-0.15, -0.1) is 0 Å². The highest BCUT2D eigenvalue weighted by molar-refractivity contribution is 6.03. The fourth-order valence-corrected chi connectivity index (χ4v) is 2.52. The van der Waals surface area contributed by atoms with Crippen LogP contribution in [-0.2, 0) is 12.5 Å². The van der Waals surface area contributed by atoms with E-state index >= 15 is 0 Å². The molecule has 0 aliphatic carbocycles. The van der Waals surface area contributed by atoms with Gasteiger partial charge in [0.15, 0.2) is 0 Å². The van der Waals surface area contributed by atoms with E-state index in [0.717, 1.165) is 5.69 Å². The zero-order valence-corrected chi connectivity index (χ0v) is 16.3. The lowest BCUT2D eigenvalue weighted by molar-refractivity contribution is 0.0766. The van der Waals surface area contributed by atoms with Gasteiger partial charge in [0, 0.05) is 25.6 Å². The van der Waals surface area contributed by atoms with E-state index in [4.69, 9.17) is 0 Å². The molecule has 0 fully saturated rings. The monoisotopic (exact) mass is 357 g/mol. The predicted octanol–water partition coefficient (Wildman–Crippen LogP) is 2.85. The van der Waals surface area contributed by atoms with Crippen LogP contribution < -0.4 is 5.32 Å². The molecule has 0 saturated heterocycles. The van der Waals surface area contributed by atoms with Gasteiger partial charge in [0.25, 0.3) is 11.8 Å². The van der Waals surface area contributed by atoms with Crippen LogP contribution in [0.4, 0.5) is 5.82 Å². The Kier molecular flexibility index (Phi) is 5.79. The Morgan fingerprint density at radius 2 is 1.85 bits per heavy atom. The zero-order valence-electron chi connectivity index (χ0n) is 16.3. The molecule has 26 heavy (non-hydrogen) atoms. The van der Waals surface area contributed by atoms with Crippen molar-refractivity contribution in [1.29, 1.82) is 0 Å². The number of carbonyl (C=O) groups is 2. The van der Waals surface area contributed by atoms with Crippen LogP contribution in [0.1, 0.15) is 61.3 Å². The molecular formula is C19H27N5O2. The van der Waals surface area contributed by atoms with Crippen molar-refractivity contribution in [2.45, 2.75) is 40.0 Å². The summed E-state index contributed by atoms with van der Waals surface area (Å²) in [5, 5.41) is 7.16. The maximum atomic E-state index is 12.6. The fourth-order valence-electron chi connectivity index (χ4n) is 2.52. The van der Waals surface area contributed by atoms with Crippen LogP contribution >= 0.6 is 0 Å². The molecule has 2 rings (SSSR count). The number of rotatable bonds is 5. The summed E-state index contributed by atoms with van der Waals surface area (Å²) in [6.45, 7) is 11.2. The number of aromatic nitrogens is 3. The first kappa shape index (κ1) is 19.6. The van der Waals surface area contributed by atoms with Crippen LogP contribution in [-0.4, -0.2) is 44.6 Å². The molecule has 0 spiro atoms. The molecule has 0 radical (unpaired) electrons. The number of amides is 2. The number of hydrogen-bond acceptors (Lipinski definition) is 4. The number of anilines is 1. The van der Waals surface area contributed by atoms with Crippen molar-refractivity contribution >= 4 is 17.6 Å². The molecule has 0 aromatic carbocycles. The summed E-state index contributed by atoms with van der Waals surface area (Å²) in [6, 6.07) is 6.81. The third kappa shape index (κ3) is 4.28. The van der Waals surface area contributed by atoms with E-state index in [1.54, 1.807) is 40.9 Å². The Balaban J connectivity index is 2.21. The van der Waals surface area contributed by atoms with Crippen molar-refractivity contribution < 1.29 is 9.59 Å². The summed E-state index contributed by atoms with van der Waals surface area (Å²) in [6.07, 6.45) is 0. The third-order valence-corrected chi connectivity index (χ3v) is 4.14. The molecule has 2 aromatic rings. The van der Waals surface area contributed by atoms with E-state index in [0.29, 0.717) is 30.3 Å². The average molecular weight is 357 g/mol. The normalized spacial score (nSPS) is 11.3. The molecule has 0 atom stereocenters. The topological polar surface area (TPSA) is 80.1 Å². The molecule has 2 amide bonds. The van der Waals surface area contributed by atoms with Crippen molar-refractivity contribution in [3.05, 3.63) is 41.3 Å². The molecule has 0 unspecified atom stereocenters. The lowest BCUT2D eigenvalue weighted by Gasteiger charge is -2.18. The summed E-state index contributed by atoms with van der Waals surface area (Å²) >= 11 is 0. The second-order valence-corrected chi connectivity index (χ2v) is 7.13. The second-order valence-electron chi connectivity index (χ2n) is 7.13. The van der Waals surface area contributed by atoms with Crippen molar-refractivity contribution in [2.75, 3.05) is 18.4 Å². The van der Waals surface area contributed by atoms with Gasteiger partial charge in [-0.3, -0.25) is 14.3 Å². The fraction of sp³-hybridized carbons (Fsp3) is 0.474. The van der Waals surface area contributed by atoms with E-state index in [9.17, 15) is 9.59 Å². The van der Waals surface area contributed by atoms with Gasteiger partial charge in [-0.05, 0) is 32.0 Å². The minimum Gasteiger partial charge on any atom is -0.338 e. The maximum Gasteiger partial charge on any atom is 0.275 e. The van der Waals surface area contributed by atoms with Crippen molar-refractivity contribution in [2.24, 2.45) is 7.05 Å². The first-order chi connectivity index (χ1) is 12.2. The molecule has 0 bridgehead atoms. The Hall–Kier alpha value is -2.70. The van der Waals surface area contributed by atoms with Crippen LogP contribution in [0.25, 0.3) is 0 Å². The highest BCUT2D eigenvalue weighted by atomic mass is 16.2. The lowest BCUT2D eigenvalue weighted by atomic mass is 9.92. The van der Waals surface area contributed by atoms with Crippen LogP contribution in [0.2, 0.25) is 0 Å². The molecule has 1 N–H and O–H groups in total. The summed E-state index contributed by atoms with van der Waals surface area (Å²) in [5.41, 5.74) is 1.44. The highest BCUT2D eigenvalue weighted by Gasteiger charge is 2.22. The largest absolute Gasteiger partial charge is 0.338 e. The molecule has 0 aliphatic rings. The van der Waals surface area contributed by atoms with Crippen molar-refractivity contribution in [1.82, 2.24) is 19.7 Å². The smallest absolute Gasteiger partial charge is 0.275 e. The second kappa shape index (κ2) is 7.68. The maximum absolute atomic E-state index is 12.6. The molecular weight excluding hydrogens is 330 g/mol. The number of carbonyl (C=O) groups excluding carboxylic acids is 2. The Labute approximate surface area is 154 Å². The number of pyridine rings is 1. The quantitative estimate of drug-likeness (QED) is 0.892. The first-order valence-corrected chi connectivity index (χ1v) is 8.79. The molecule has 2 heterocycles. The van der Waals surface area contributed by atoms with E-state index < -0.39 is 0 Å². The average Bonchev–Trinajstić information content (AvgIpc) is 2.98. The van der Waals surface area contributed by atoms with Gasteiger partial charge in [0.05, 0.1) is 5.69 Å². The number of nitrogens with zero attached hydrogens (tertiary/aromatic N) is 4. The molecule has 140 valence electrons. The number of hydrogen-bond donors (Lipinski definition) is 1. The van der Waals surface area contributed by atoms with Crippen molar-refractivity contribution in [3.8, 4) is 0 Å². The standard InChI is InChI=1S/C19H27N5O2/c1-7-24(8-2)18(26)13-10-9-11-16(20-13)21-17(25)14-12-15(19(3,4)5)22-23(14)6/h9-12H,7-8H2,1-6H3,(H,20,21,25). The SMILES string of the molecule is CCN(CC)C(=O)c1cccc(NC(=O)c2cc(C(C)(C)C)nn2C)n1. The van der Waals surface area contributed by atoms with Gasteiger partial charge in [0.2, 0.25) is 0 Å². The van der Waals surface area contributed by atoms with E-state index in [1.165, 1.54) is 0 Å². The Morgan fingerprint density at radius 3 is 2.38 bits per heavy atom. The minimum absolute atomic E-state index is 0.148. The molecule has 7 heteroatoms. The number of nitrogens with one attached hydrogen (secondary N) is 1. The van der Waals surface area contributed by atoms with Gasteiger partial charge in [-0.2, -0.15) is 5.10 Å². The summed E-state index contributed by atoms with van der Waals surface area (Å²) in [5.74, 6) is -0.122. The van der Waals surface area contributed by atoms with Gasteiger partial charge in [0.1, 0.15) is 17.2 Å². The minimum atomic E-state index is -0.310. The van der Waals surface area contributed by atoms with Crippen LogP contribution in [0.15, 0.2) is 24.3 Å². The highest BCUT2D eigenvalue weighted by Crippen LogP contribution is 2.21. The molecule has 7 nitrogen and oxygen atoms in total. The van der Waals surface area contributed by atoms with Gasteiger partial charge in [-0.25, -0.2) is 4.98 Å². The van der Waals surface area contributed by atoms with Gasteiger partial charge >= 0.3 is 0 Å². The van der Waals surface area contributed by atoms with E-state index in [1.807, 2.05) is 34.6 Å². The van der Waals surface area contributed by atoms with E-state index in [2.05, 4.69) is 15.4 Å². The Bertz CT molecular complexity index is 801. The Morgan fingerprint density at radius 1 is 1.19 bits per heavy atom. The molecule has 0 aliphatic heterocycles. The van der Waals surface area contributed by atoms with E-state index in [-0.39, 0.29) is 17.2 Å². The van der Waals surface area contributed by atoms with Gasteiger partial charge in [-0.1, -0.05) is 26.8 Å². The van der Waals surface area contributed by atoms with Gasteiger partial charge < -0.3 is 10.2 Å². The molecule has 0 saturated carbocycles.